The Morgan fingerprint density at radius 1 is 1.33 bits per heavy atom. The molecule has 6 nitrogen and oxygen atoms in total. The first-order valence-electron chi connectivity index (χ1n) is 6.82. The molecule has 6 heteroatoms. The largest absolute Gasteiger partial charge is 0.480 e. The van der Waals surface area contributed by atoms with Crippen LogP contribution >= 0.6 is 0 Å². The van der Waals surface area contributed by atoms with Gasteiger partial charge in [0.05, 0.1) is 0 Å². The van der Waals surface area contributed by atoms with Crippen molar-refractivity contribution < 1.29 is 19.5 Å². The lowest BCUT2D eigenvalue weighted by atomic mass is 10.1. The van der Waals surface area contributed by atoms with Gasteiger partial charge in [-0.1, -0.05) is 6.07 Å². The Kier molecular flexibility index (Phi) is 4.26. The van der Waals surface area contributed by atoms with Crippen LogP contribution in [0.25, 0.3) is 0 Å². The van der Waals surface area contributed by atoms with Crippen LogP contribution in [0.4, 0.5) is 5.69 Å². The van der Waals surface area contributed by atoms with Gasteiger partial charge in [0, 0.05) is 24.7 Å². The lowest BCUT2D eigenvalue weighted by molar-refractivity contribution is -0.141. The summed E-state index contributed by atoms with van der Waals surface area (Å²) in [5, 5.41) is 11.8. The fourth-order valence-electron chi connectivity index (χ4n) is 2.55. The number of carboxylic acids is 1. The molecule has 2 rings (SSSR count). The molecule has 2 N–H and O–H groups in total. The molecule has 1 aromatic rings. The molecular formula is C15H18N2O4. The number of rotatable bonds is 3. The van der Waals surface area contributed by atoms with Crippen LogP contribution in [0, 0.1) is 6.92 Å². The van der Waals surface area contributed by atoms with Crippen LogP contribution in [0.2, 0.25) is 0 Å². The Bertz CT molecular complexity index is 597. The van der Waals surface area contributed by atoms with Crippen molar-refractivity contribution in [3.05, 3.63) is 29.3 Å². The maximum atomic E-state index is 12.6. The van der Waals surface area contributed by atoms with Crippen molar-refractivity contribution >= 4 is 23.5 Å². The number of aryl methyl sites for hydroxylation is 1. The Morgan fingerprint density at radius 3 is 2.67 bits per heavy atom. The molecule has 1 aromatic carbocycles. The summed E-state index contributed by atoms with van der Waals surface area (Å²) in [4.78, 5) is 36.2. The van der Waals surface area contributed by atoms with Crippen LogP contribution in [0.3, 0.4) is 0 Å². The van der Waals surface area contributed by atoms with Gasteiger partial charge in [0.15, 0.2) is 0 Å². The number of hydrogen-bond donors (Lipinski definition) is 2. The predicted octanol–water partition coefficient (Wildman–Crippen LogP) is 1.64. The van der Waals surface area contributed by atoms with Crippen LogP contribution in [-0.2, 0) is 9.59 Å². The number of amides is 2. The summed E-state index contributed by atoms with van der Waals surface area (Å²) in [6.45, 7) is 3.62. The van der Waals surface area contributed by atoms with Crippen LogP contribution in [0.1, 0.15) is 35.7 Å². The molecule has 0 aromatic heterocycles. The Hall–Kier alpha value is -2.37. The number of aliphatic carboxylic acids is 1. The van der Waals surface area contributed by atoms with E-state index < -0.39 is 12.0 Å². The van der Waals surface area contributed by atoms with Gasteiger partial charge in [-0.05, 0) is 37.5 Å². The summed E-state index contributed by atoms with van der Waals surface area (Å²) in [7, 11) is 0. The van der Waals surface area contributed by atoms with Gasteiger partial charge < -0.3 is 15.3 Å². The number of likely N-dealkylation sites (tertiary alicyclic amines) is 1. The predicted molar refractivity (Wildman–Crippen MR) is 77.2 cm³/mol. The average molecular weight is 290 g/mol. The highest BCUT2D eigenvalue weighted by atomic mass is 16.4. The third-order valence-corrected chi connectivity index (χ3v) is 3.59. The minimum absolute atomic E-state index is 0.221. The van der Waals surface area contributed by atoms with Gasteiger partial charge in [-0.15, -0.1) is 0 Å². The summed E-state index contributed by atoms with van der Waals surface area (Å²) in [6, 6.07) is 4.29. The van der Waals surface area contributed by atoms with Crippen molar-refractivity contribution in [2.75, 3.05) is 11.9 Å². The molecule has 0 aliphatic carbocycles. The highest BCUT2D eigenvalue weighted by Crippen LogP contribution is 2.23. The zero-order chi connectivity index (χ0) is 15.6. The number of anilines is 1. The molecule has 1 unspecified atom stereocenters. The first kappa shape index (κ1) is 15.0. The van der Waals surface area contributed by atoms with E-state index in [9.17, 15) is 19.5 Å². The molecule has 1 fully saturated rings. The topological polar surface area (TPSA) is 86.7 Å². The molecule has 21 heavy (non-hydrogen) atoms. The molecule has 0 radical (unpaired) electrons. The number of benzene rings is 1. The van der Waals surface area contributed by atoms with Gasteiger partial charge in [0.2, 0.25) is 5.91 Å². The van der Waals surface area contributed by atoms with Gasteiger partial charge in [0.1, 0.15) is 6.04 Å². The fraction of sp³-hybridized carbons (Fsp3) is 0.400. The van der Waals surface area contributed by atoms with Crippen molar-refractivity contribution in [1.29, 1.82) is 0 Å². The summed E-state index contributed by atoms with van der Waals surface area (Å²) >= 11 is 0. The molecule has 1 saturated heterocycles. The Labute approximate surface area is 122 Å². The second kappa shape index (κ2) is 5.95. The van der Waals surface area contributed by atoms with Gasteiger partial charge in [0.25, 0.3) is 5.91 Å². The summed E-state index contributed by atoms with van der Waals surface area (Å²) in [5.74, 6) is -1.50. The normalized spacial score (nSPS) is 17.6. The van der Waals surface area contributed by atoms with E-state index in [0.717, 1.165) is 5.56 Å². The van der Waals surface area contributed by atoms with E-state index in [1.165, 1.54) is 11.8 Å². The van der Waals surface area contributed by atoms with E-state index in [1.54, 1.807) is 25.1 Å². The summed E-state index contributed by atoms with van der Waals surface area (Å²) < 4.78 is 0. The van der Waals surface area contributed by atoms with Crippen LogP contribution in [0.5, 0.6) is 0 Å². The van der Waals surface area contributed by atoms with E-state index in [0.29, 0.717) is 30.6 Å². The second-order valence-electron chi connectivity index (χ2n) is 5.21. The van der Waals surface area contributed by atoms with E-state index in [4.69, 9.17) is 0 Å². The van der Waals surface area contributed by atoms with E-state index in [-0.39, 0.29) is 11.8 Å². The molecule has 0 saturated carbocycles. The number of nitrogens with one attached hydrogen (secondary N) is 1. The van der Waals surface area contributed by atoms with Crippen molar-refractivity contribution in [2.45, 2.75) is 32.7 Å². The molecule has 112 valence electrons. The smallest absolute Gasteiger partial charge is 0.326 e. The van der Waals surface area contributed by atoms with E-state index in [2.05, 4.69) is 5.32 Å². The number of carbonyl (C=O) groups excluding carboxylic acids is 2. The molecule has 2 amide bonds. The lowest BCUT2D eigenvalue weighted by Gasteiger charge is -2.22. The first-order chi connectivity index (χ1) is 9.90. The number of nitrogens with zero attached hydrogens (tertiary/aromatic N) is 1. The highest BCUT2D eigenvalue weighted by Gasteiger charge is 2.34. The summed E-state index contributed by atoms with van der Waals surface area (Å²) in [5.41, 5.74) is 1.71. The molecule has 1 aliphatic heterocycles. The third kappa shape index (κ3) is 3.21. The number of carbonyl (C=O) groups is 3. The minimum atomic E-state index is -0.975. The van der Waals surface area contributed by atoms with Crippen LogP contribution in [0.15, 0.2) is 18.2 Å². The standard InChI is InChI=1S/C15H18N2O4/c1-9-5-6-11(16-10(2)18)8-12(9)14(19)17-7-3-4-13(17)15(20)21/h5-6,8,13H,3-4,7H2,1-2H3,(H,16,18)(H,20,21). The third-order valence-electron chi connectivity index (χ3n) is 3.59. The molecular weight excluding hydrogens is 272 g/mol. The maximum absolute atomic E-state index is 12.6. The van der Waals surface area contributed by atoms with Gasteiger partial charge in [-0.25, -0.2) is 4.79 Å². The van der Waals surface area contributed by atoms with Crippen molar-refractivity contribution in [3.63, 3.8) is 0 Å². The Balaban J connectivity index is 2.29. The van der Waals surface area contributed by atoms with Crippen molar-refractivity contribution in [1.82, 2.24) is 4.90 Å². The SMILES string of the molecule is CC(=O)Nc1ccc(C)c(C(=O)N2CCCC2C(=O)O)c1. The molecule has 1 heterocycles. The highest BCUT2D eigenvalue weighted by molar-refractivity contribution is 6.00. The van der Waals surface area contributed by atoms with Crippen molar-refractivity contribution in [3.8, 4) is 0 Å². The van der Waals surface area contributed by atoms with Crippen LogP contribution < -0.4 is 5.32 Å². The number of hydrogen-bond acceptors (Lipinski definition) is 3. The average Bonchev–Trinajstić information content (AvgIpc) is 2.89. The zero-order valence-electron chi connectivity index (χ0n) is 12.0. The monoisotopic (exact) mass is 290 g/mol. The first-order valence-corrected chi connectivity index (χ1v) is 6.82. The second-order valence-corrected chi connectivity index (χ2v) is 5.21. The zero-order valence-corrected chi connectivity index (χ0v) is 12.0. The van der Waals surface area contributed by atoms with E-state index in [1.807, 2.05) is 0 Å². The molecule has 0 bridgehead atoms. The van der Waals surface area contributed by atoms with E-state index >= 15 is 0 Å². The van der Waals surface area contributed by atoms with Crippen LogP contribution in [-0.4, -0.2) is 40.4 Å². The van der Waals surface area contributed by atoms with Gasteiger partial charge in [-0.2, -0.15) is 0 Å². The fourth-order valence-corrected chi connectivity index (χ4v) is 2.55. The maximum Gasteiger partial charge on any atom is 0.326 e. The van der Waals surface area contributed by atoms with Gasteiger partial charge >= 0.3 is 5.97 Å². The molecule has 0 spiro atoms. The number of carboxylic acid groups (broad SMARTS) is 1. The molecule has 1 atom stereocenters. The van der Waals surface area contributed by atoms with Crippen molar-refractivity contribution in [2.24, 2.45) is 0 Å². The molecule has 1 aliphatic rings. The lowest BCUT2D eigenvalue weighted by Crippen LogP contribution is -2.40. The Morgan fingerprint density at radius 2 is 2.05 bits per heavy atom. The quantitative estimate of drug-likeness (QED) is 0.886. The van der Waals surface area contributed by atoms with Gasteiger partial charge in [-0.3, -0.25) is 9.59 Å². The minimum Gasteiger partial charge on any atom is -0.480 e. The summed E-state index contributed by atoms with van der Waals surface area (Å²) in [6.07, 6.45) is 1.17.